The summed E-state index contributed by atoms with van der Waals surface area (Å²) in [6.45, 7) is 6.04. The molecule has 20 heavy (non-hydrogen) atoms. The Hall–Kier alpha value is -2.04. The SMILES string of the molecule is C#CC(C)(c1ccccc1)N(CC)Cc1ccccc1. The van der Waals surface area contributed by atoms with Crippen molar-refractivity contribution < 1.29 is 0 Å². The molecule has 0 radical (unpaired) electrons. The molecule has 0 N–H and O–H groups in total. The number of benzene rings is 2. The van der Waals surface area contributed by atoms with Gasteiger partial charge in [0.2, 0.25) is 0 Å². The van der Waals surface area contributed by atoms with Gasteiger partial charge in [0, 0.05) is 6.54 Å². The van der Waals surface area contributed by atoms with E-state index in [1.54, 1.807) is 0 Å². The van der Waals surface area contributed by atoms with E-state index >= 15 is 0 Å². The molecule has 1 unspecified atom stereocenters. The molecule has 0 spiro atoms. The van der Waals surface area contributed by atoms with Gasteiger partial charge >= 0.3 is 0 Å². The highest BCUT2D eigenvalue weighted by atomic mass is 15.2. The van der Waals surface area contributed by atoms with Gasteiger partial charge in [0.1, 0.15) is 5.54 Å². The van der Waals surface area contributed by atoms with Gasteiger partial charge in [-0.2, -0.15) is 0 Å². The maximum atomic E-state index is 5.88. The Bertz CT molecular complexity index is 568. The second-order valence-corrected chi connectivity index (χ2v) is 5.08. The zero-order valence-corrected chi connectivity index (χ0v) is 12.2. The van der Waals surface area contributed by atoms with E-state index in [1.807, 2.05) is 24.3 Å². The predicted octanol–water partition coefficient (Wildman–Crippen LogP) is 4.06. The maximum Gasteiger partial charge on any atom is 0.105 e. The summed E-state index contributed by atoms with van der Waals surface area (Å²) in [5.74, 6) is 2.99. The summed E-state index contributed by atoms with van der Waals surface area (Å²) in [5.41, 5.74) is 2.07. The van der Waals surface area contributed by atoms with Gasteiger partial charge in [0.05, 0.1) is 0 Å². The van der Waals surface area contributed by atoms with Crippen LogP contribution in [0, 0.1) is 12.3 Å². The van der Waals surface area contributed by atoms with Gasteiger partial charge < -0.3 is 0 Å². The third kappa shape index (κ3) is 2.92. The Morgan fingerprint density at radius 1 is 1.00 bits per heavy atom. The third-order valence-electron chi connectivity index (χ3n) is 3.85. The maximum absolute atomic E-state index is 5.88. The lowest BCUT2D eigenvalue weighted by Crippen LogP contribution is -2.42. The van der Waals surface area contributed by atoms with Crippen LogP contribution < -0.4 is 0 Å². The Kier molecular flexibility index (Phi) is 4.61. The Labute approximate surface area is 122 Å². The van der Waals surface area contributed by atoms with Crippen molar-refractivity contribution in [2.24, 2.45) is 0 Å². The molecule has 0 aliphatic carbocycles. The summed E-state index contributed by atoms with van der Waals surface area (Å²) in [7, 11) is 0. The van der Waals surface area contributed by atoms with Gasteiger partial charge in [0.15, 0.2) is 0 Å². The fourth-order valence-corrected chi connectivity index (χ4v) is 2.51. The van der Waals surface area contributed by atoms with Crippen LogP contribution in [-0.4, -0.2) is 11.4 Å². The molecule has 0 saturated heterocycles. The first-order valence-electron chi connectivity index (χ1n) is 7.03. The molecule has 0 fully saturated rings. The van der Waals surface area contributed by atoms with E-state index in [0.717, 1.165) is 13.1 Å². The molecule has 2 aromatic carbocycles. The molecule has 0 saturated carbocycles. The van der Waals surface area contributed by atoms with Gasteiger partial charge in [0.25, 0.3) is 0 Å². The summed E-state index contributed by atoms with van der Waals surface area (Å²) >= 11 is 0. The van der Waals surface area contributed by atoms with Crippen LogP contribution in [-0.2, 0) is 12.1 Å². The first-order chi connectivity index (χ1) is 9.70. The van der Waals surface area contributed by atoms with Crippen molar-refractivity contribution in [3.05, 3.63) is 71.8 Å². The molecular formula is C19H21N. The fraction of sp³-hybridized carbons (Fsp3) is 0.263. The summed E-state index contributed by atoms with van der Waals surface area (Å²) in [4.78, 5) is 2.33. The van der Waals surface area contributed by atoms with Crippen LogP contribution in [0.15, 0.2) is 60.7 Å². The van der Waals surface area contributed by atoms with Crippen LogP contribution >= 0.6 is 0 Å². The lowest BCUT2D eigenvalue weighted by atomic mass is 9.90. The second kappa shape index (κ2) is 6.41. The molecule has 0 bridgehead atoms. The number of nitrogens with zero attached hydrogens (tertiary/aromatic N) is 1. The summed E-state index contributed by atoms with van der Waals surface area (Å²) in [6, 6.07) is 20.8. The van der Waals surface area contributed by atoms with Crippen LogP contribution in [0.4, 0.5) is 0 Å². The number of rotatable bonds is 5. The molecule has 1 atom stereocenters. The van der Waals surface area contributed by atoms with E-state index in [9.17, 15) is 0 Å². The van der Waals surface area contributed by atoms with Crippen molar-refractivity contribution in [3.63, 3.8) is 0 Å². The van der Waals surface area contributed by atoms with Crippen molar-refractivity contribution in [3.8, 4) is 12.3 Å². The minimum Gasteiger partial charge on any atom is -0.280 e. The molecule has 0 aliphatic rings. The Morgan fingerprint density at radius 2 is 1.55 bits per heavy atom. The molecule has 0 heterocycles. The van der Waals surface area contributed by atoms with E-state index in [-0.39, 0.29) is 5.54 Å². The van der Waals surface area contributed by atoms with E-state index in [1.165, 1.54) is 11.1 Å². The normalized spacial score (nSPS) is 13.7. The minimum absolute atomic E-state index is 0.383. The summed E-state index contributed by atoms with van der Waals surface area (Å²) in [5, 5.41) is 0. The zero-order chi connectivity index (χ0) is 14.4. The quantitative estimate of drug-likeness (QED) is 0.735. The van der Waals surface area contributed by atoms with E-state index in [2.05, 4.69) is 61.1 Å². The van der Waals surface area contributed by atoms with Gasteiger partial charge in [-0.05, 0) is 24.6 Å². The lowest BCUT2D eigenvalue weighted by Gasteiger charge is -2.37. The molecule has 0 aromatic heterocycles. The average molecular weight is 263 g/mol. The molecular weight excluding hydrogens is 242 g/mol. The minimum atomic E-state index is -0.383. The van der Waals surface area contributed by atoms with Crippen molar-refractivity contribution in [2.45, 2.75) is 25.9 Å². The molecule has 2 rings (SSSR count). The monoisotopic (exact) mass is 263 g/mol. The first kappa shape index (κ1) is 14.4. The Morgan fingerprint density at radius 3 is 2.05 bits per heavy atom. The van der Waals surface area contributed by atoms with Crippen LogP contribution in [0.25, 0.3) is 0 Å². The molecule has 1 nitrogen and oxygen atoms in total. The lowest BCUT2D eigenvalue weighted by molar-refractivity contribution is 0.154. The summed E-state index contributed by atoms with van der Waals surface area (Å²) < 4.78 is 0. The number of terminal acetylenes is 1. The van der Waals surface area contributed by atoms with Gasteiger partial charge in [-0.15, -0.1) is 6.42 Å². The molecule has 0 aliphatic heterocycles. The van der Waals surface area contributed by atoms with Crippen molar-refractivity contribution >= 4 is 0 Å². The van der Waals surface area contributed by atoms with Crippen LogP contribution in [0.2, 0.25) is 0 Å². The third-order valence-corrected chi connectivity index (χ3v) is 3.85. The average Bonchev–Trinajstić information content (AvgIpc) is 2.53. The topological polar surface area (TPSA) is 3.24 Å². The fourth-order valence-electron chi connectivity index (χ4n) is 2.51. The van der Waals surface area contributed by atoms with Crippen LogP contribution in [0.5, 0.6) is 0 Å². The Balaban J connectivity index is 2.31. The van der Waals surface area contributed by atoms with Gasteiger partial charge in [-0.3, -0.25) is 4.90 Å². The smallest absolute Gasteiger partial charge is 0.105 e. The van der Waals surface area contributed by atoms with E-state index < -0.39 is 0 Å². The molecule has 2 aromatic rings. The van der Waals surface area contributed by atoms with Crippen LogP contribution in [0.1, 0.15) is 25.0 Å². The highest BCUT2D eigenvalue weighted by molar-refractivity contribution is 5.32. The first-order valence-corrected chi connectivity index (χ1v) is 7.03. The van der Waals surface area contributed by atoms with Crippen molar-refractivity contribution in [1.29, 1.82) is 0 Å². The number of hydrogen-bond acceptors (Lipinski definition) is 1. The van der Waals surface area contributed by atoms with E-state index in [4.69, 9.17) is 6.42 Å². The zero-order valence-electron chi connectivity index (χ0n) is 12.2. The number of hydrogen-bond donors (Lipinski definition) is 0. The highest BCUT2D eigenvalue weighted by Crippen LogP contribution is 2.28. The van der Waals surface area contributed by atoms with Crippen LogP contribution in [0.3, 0.4) is 0 Å². The second-order valence-electron chi connectivity index (χ2n) is 5.08. The highest BCUT2D eigenvalue weighted by Gasteiger charge is 2.30. The van der Waals surface area contributed by atoms with Crippen molar-refractivity contribution in [2.75, 3.05) is 6.54 Å². The standard InChI is InChI=1S/C19H21N/c1-4-19(3,18-14-10-7-11-15-18)20(5-2)16-17-12-8-6-9-13-17/h1,6-15H,5,16H2,2-3H3. The summed E-state index contributed by atoms with van der Waals surface area (Å²) in [6.07, 6.45) is 5.88. The van der Waals surface area contributed by atoms with Gasteiger partial charge in [-0.25, -0.2) is 0 Å². The predicted molar refractivity (Wildman–Crippen MR) is 85.2 cm³/mol. The largest absolute Gasteiger partial charge is 0.280 e. The molecule has 1 heteroatoms. The van der Waals surface area contributed by atoms with E-state index in [0.29, 0.717) is 0 Å². The van der Waals surface area contributed by atoms with Gasteiger partial charge in [-0.1, -0.05) is 73.5 Å². The van der Waals surface area contributed by atoms with Crippen molar-refractivity contribution in [1.82, 2.24) is 4.90 Å². The molecule has 102 valence electrons. The molecule has 0 amide bonds.